The van der Waals surface area contributed by atoms with Crippen molar-refractivity contribution in [1.82, 2.24) is 4.90 Å². The van der Waals surface area contributed by atoms with Gasteiger partial charge in [-0.3, -0.25) is 4.79 Å². The van der Waals surface area contributed by atoms with Crippen LogP contribution in [0.5, 0.6) is 0 Å². The van der Waals surface area contributed by atoms with Gasteiger partial charge in [0.25, 0.3) is 5.91 Å². The Labute approximate surface area is 101 Å². The zero-order valence-electron chi connectivity index (χ0n) is 10.1. The fourth-order valence-electron chi connectivity index (χ4n) is 2.87. The Morgan fingerprint density at radius 2 is 2.06 bits per heavy atom. The van der Waals surface area contributed by atoms with Crippen molar-refractivity contribution in [3.8, 4) is 0 Å². The van der Waals surface area contributed by atoms with Crippen molar-refractivity contribution in [2.45, 2.75) is 25.8 Å². The van der Waals surface area contributed by atoms with Crippen LogP contribution in [0.4, 0.5) is 0 Å². The number of hydrogen-bond acceptors (Lipinski definition) is 1. The van der Waals surface area contributed by atoms with Crippen LogP contribution in [-0.4, -0.2) is 16.3 Å². The minimum Gasteiger partial charge on any atom is -0.303 e. The third-order valence-electron chi connectivity index (χ3n) is 3.66. The maximum atomic E-state index is 12.5. The normalized spacial score (nSPS) is 26.4. The summed E-state index contributed by atoms with van der Waals surface area (Å²) in [6, 6.07) is 7.90. The van der Waals surface area contributed by atoms with Crippen molar-refractivity contribution < 1.29 is 4.79 Å². The lowest BCUT2D eigenvalue weighted by atomic mass is 9.81. The van der Waals surface area contributed by atoms with Gasteiger partial charge in [-0.2, -0.15) is 0 Å². The van der Waals surface area contributed by atoms with E-state index in [2.05, 4.69) is 19.1 Å². The predicted molar refractivity (Wildman–Crippen MR) is 67.6 cm³/mol. The molecule has 0 saturated heterocycles. The SMILES string of the molecule is CC1=CC=C[C@]2(C)Cc3ccccc3C(=O)N12. The summed E-state index contributed by atoms with van der Waals surface area (Å²) < 4.78 is 0. The first-order valence-electron chi connectivity index (χ1n) is 5.90. The van der Waals surface area contributed by atoms with E-state index in [-0.39, 0.29) is 11.4 Å². The van der Waals surface area contributed by atoms with Gasteiger partial charge in [-0.15, -0.1) is 0 Å². The molecule has 86 valence electrons. The summed E-state index contributed by atoms with van der Waals surface area (Å²) in [6.45, 7) is 4.11. The number of benzene rings is 1. The summed E-state index contributed by atoms with van der Waals surface area (Å²) in [5, 5.41) is 0. The van der Waals surface area contributed by atoms with Gasteiger partial charge in [-0.05, 0) is 31.6 Å². The van der Waals surface area contributed by atoms with Crippen LogP contribution in [0.2, 0.25) is 0 Å². The summed E-state index contributed by atoms with van der Waals surface area (Å²) in [7, 11) is 0. The maximum Gasteiger partial charge on any atom is 0.259 e. The molecule has 0 N–H and O–H groups in total. The third kappa shape index (κ3) is 1.37. The molecule has 0 aromatic heterocycles. The Morgan fingerprint density at radius 3 is 2.88 bits per heavy atom. The minimum absolute atomic E-state index is 0.118. The molecule has 0 spiro atoms. The van der Waals surface area contributed by atoms with Crippen LogP contribution in [-0.2, 0) is 6.42 Å². The van der Waals surface area contributed by atoms with Crippen molar-refractivity contribution in [3.05, 3.63) is 59.3 Å². The first-order chi connectivity index (χ1) is 8.12. The second-order valence-corrected chi connectivity index (χ2v) is 5.00. The number of rotatable bonds is 0. The molecule has 2 heteroatoms. The van der Waals surface area contributed by atoms with E-state index in [1.54, 1.807) is 0 Å². The number of nitrogens with zero attached hydrogens (tertiary/aromatic N) is 1. The fourth-order valence-corrected chi connectivity index (χ4v) is 2.87. The highest BCUT2D eigenvalue weighted by Crippen LogP contribution is 2.36. The quantitative estimate of drug-likeness (QED) is 0.664. The number of fused-ring (bicyclic) bond motifs is 2. The first-order valence-corrected chi connectivity index (χ1v) is 5.90. The highest BCUT2D eigenvalue weighted by molar-refractivity contribution is 5.99. The molecule has 1 atom stereocenters. The van der Waals surface area contributed by atoms with E-state index < -0.39 is 0 Å². The van der Waals surface area contributed by atoms with Crippen LogP contribution in [0.25, 0.3) is 0 Å². The molecule has 1 aromatic carbocycles. The third-order valence-corrected chi connectivity index (χ3v) is 3.66. The minimum atomic E-state index is -0.204. The highest BCUT2D eigenvalue weighted by atomic mass is 16.2. The zero-order chi connectivity index (χ0) is 12.0. The van der Waals surface area contributed by atoms with Crippen LogP contribution in [0.3, 0.4) is 0 Å². The molecule has 0 saturated carbocycles. The smallest absolute Gasteiger partial charge is 0.259 e. The van der Waals surface area contributed by atoms with Gasteiger partial charge in [0.15, 0.2) is 0 Å². The highest BCUT2D eigenvalue weighted by Gasteiger charge is 2.41. The molecule has 0 radical (unpaired) electrons. The van der Waals surface area contributed by atoms with Crippen molar-refractivity contribution in [2.24, 2.45) is 0 Å². The van der Waals surface area contributed by atoms with Crippen molar-refractivity contribution in [2.75, 3.05) is 0 Å². The lowest BCUT2D eigenvalue weighted by molar-refractivity contribution is 0.0653. The van der Waals surface area contributed by atoms with E-state index in [1.807, 2.05) is 42.2 Å². The van der Waals surface area contributed by atoms with E-state index in [0.717, 1.165) is 23.2 Å². The molecule has 2 heterocycles. The van der Waals surface area contributed by atoms with Gasteiger partial charge in [-0.25, -0.2) is 0 Å². The molecule has 0 aliphatic carbocycles. The standard InChI is InChI=1S/C15H15NO/c1-11-6-5-9-15(2)10-12-7-3-4-8-13(12)14(17)16(11)15/h3-9H,10H2,1-2H3/t15-/m1/s1. The van der Waals surface area contributed by atoms with Crippen LogP contribution >= 0.6 is 0 Å². The molecule has 2 nitrogen and oxygen atoms in total. The Hall–Kier alpha value is -1.83. The molecule has 1 amide bonds. The molecular formula is C15H15NO. The van der Waals surface area contributed by atoms with E-state index in [4.69, 9.17) is 0 Å². The number of carbonyl (C=O) groups excluding carboxylic acids is 1. The lowest BCUT2D eigenvalue weighted by Crippen LogP contribution is -2.53. The Morgan fingerprint density at radius 1 is 1.29 bits per heavy atom. The van der Waals surface area contributed by atoms with Crippen LogP contribution in [0.1, 0.15) is 29.8 Å². The average Bonchev–Trinajstić information content (AvgIpc) is 2.28. The second-order valence-electron chi connectivity index (χ2n) is 5.00. The summed E-state index contributed by atoms with van der Waals surface area (Å²) in [6.07, 6.45) is 7.05. The molecule has 2 aliphatic rings. The number of allylic oxidation sites excluding steroid dienone is 3. The van der Waals surface area contributed by atoms with E-state index in [9.17, 15) is 4.79 Å². The number of amides is 1. The molecule has 3 rings (SSSR count). The summed E-state index contributed by atoms with van der Waals surface area (Å²) in [5.74, 6) is 0.118. The number of hydrogen-bond donors (Lipinski definition) is 0. The van der Waals surface area contributed by atoms with E-state index in [0.29, 0.717) is 0 Å². The van der Waals surface area contributed by atoms with Crippen LogP contribution in [0, 0.1) is 0 Å². The van der Waals surface area contributed by atoms with Gasteiger partial charge in [0.05, 0.1) is 5.54 Å². The monoisotopic (exact) mass is 225 g/mol. The Bertz CT molecular complexity index is 556. The summed E-state index contributed by atoms with van der Waals surface area (Å²) in [4.78, 5) is 14.4. The summed E-state index contributed by atoms with van der Waals surface area (Å²) in [5.41, 5.74) is 2.81. The molecule has 17 heavy (non-hydrogen) atoms. The van der Waals surface area contributed by atoms with Gasteiger partial charge < -0.3 is 4.90 Å². The van der Waals surface area contributed by atoms with Gasteiger partial charge in [-0.1, -0.05) is 30.4 Å². The Balaban J connectivity index is 2.19. The van der Waals surface area contributed by atoms with Crippen molar-refractivity contribution in [1.29, 1.82) is 0 Å². The maximum absolute atomic E-state index is 12.5. The van der Waals surface area contributed by atoms with Crippen LogP contribution < -0.4 is 0 Å². The van der Waals surface area contributed by atoms with Gasteiger partial charge in [0.1, 0.15) is 0 Å². The zero-order valence-corrected chi connectivity index (χ0v) is 10.1. The average molecular weight is 225 g/mol. The molecule has 1 aromatic rings. The van der Waals surface area contributed by atoms with Crippen LogP contribution in [0.15, 0.2) is 48.2 Å². The fraction of sp³-hybridized carbons (Fsp3) is 0.267. The number of carbonyl (C=O) groups is 1. The van der Waals surface area contributed by atoms with Gasteiger partial charge in [0, 0.05) is 17.7 Å². The lowest BCUT2D eigenvalue weighted by Gasteiger charge is -2.45. The van der Waals surface area contributed by atoms with Crippen molar-refractivity contribution in [3.63, 3.8) is 0 Å². The predicted octanol–water partition coefficient (Wildman–Crippen LogP) is 2.92. The van der Waals surface area contributed by atoms with E-state index in [1.165, 1.54) is 0 Å². The van der Waals surface area contributed by atoms with E-state index >= 15 is 0 Å². The topological polar surface area (TPSA) is 20.3 Å². The summed E-state index contributed by atoms with van der Waals surface area (Å²) >= 11 is 0. The van der Waals surface area contributed by atoms with Gasteiger partial charge >= 0.3 is 0 Å². The molecule has 0 bridgehead atoms. The molecule has 2 aliphatic heterocycles. The van der Waals surface area contributed by atoms with Gasteiger partial charge in [0.2, 0.25) is 0 Å². The Kier molecular flexibility index (Phi) is 2.02. The van der Waals surface area contributed by atoms with Crippen molar-refractivity contribution >= 4 is 5.91 Å². The first kappa shape index (κ1) is 10.3. The molecule has 0 fully saturated rings. The largest absolute Gasteiger partial charge is 0.303 e. The molecule has 0 unspecified atom stereocenters. The second kappa shape index (κ2) is 3.33. The molecular weight excluding hydrogens is 210 g/mol.